The second-order valence-corrected chi connectivity index (χ2v) is 4.48. The first kappa shape index (κ1) is 13.0. The van der Waals surface area contributed by atoms with Gasteiger partial charge in [-0.3, -0.25) is 0 Å². The number of carbonyl (C=O) groups excluding carboxylic acids is 1. The van der Waals surface area contributed by atoms with Crippen LogP contribution in [0.15, 0.2) is 36.4 Å². The fourth-order valence-electron chi connectivity index (χ4n) is 1.68. The van der Waals surface area contributed by atoms with E-state index < -0.39 is 5.97 Å². The maximum atomic E-state index is 12.0. The number of rotatable bonds is 2. The lowest BCUT2D eigenvalue weighted by atomic mass is 10.1. The van der Waals surface area contributed by atoms with Gasteiger partial charge in [-0.15, -0.1) is 0 Å². The fourth-order valence-corrected chi connectivity index (χ4v) is 1.68. The Labute approximate surface area is 112 Å². The molecular formula is C15H16N2O2. The van der Waals surface area contributed by atoms with Crippen molar-refractivity contribution in [3.63, 3.8) is 0 Å². The first-order valence-corrected chi connectivity index (χ1v) is 5.92. The van der Waals surface area contributed by atoms with E-state index in [1.807, 2.05) is 13.8 Å². The molecule has 0 fully saturated rings. The lowest BCUT2D eigenvalue weighted by Gasteiger charge is -2.08. The molecule has 2 rings (SSSR count). The molecule has 98 valence electrons. The summed E-state index contributed by atoms with van der Waals surface area (Å²) in [5, 5.41) is 0. The van der Waals surface area contributed by atoms with E-state index in [1.165, 1.54) is 0 Å². The summed E-state index contributed by atoms with van der Waals surface area (Å²) in [5.74, 6) is 0.0680. The van der Waals surface area contributed by atoms with E-state index in [4.69, 9.17) is 16.2 Å². The molecule has 0 amide bonds. The lowest BCUT2D eigenvalue weighted by molar-refractivity contribution is 0.0734. The highest BCUT2D eigenvalue weighted by Gasteiger charge is 2.10. The molecule has 0 aliphatic carbocycles. The highest BCUT2D eigenvalue weighted by Crippen LogP contribution is 2.20. The number of nitrogen functional groups attached to an aromatic ring is 2. The van der Waals surface area contributed by atoms with Crippen LogP contribution in [0.5, 0.6) is 5.75 Å². The third-order valence-corrected chi connectivity index (χ3v) is 2.96. The molecule has 4 heteroatoms. The summed E-state index contributed by atoms with van der Waals surface area (Å²) in [7, 11) is 0. The number of hydrogen-bond donors (Lipinski definition) is 2. The van der Waals surface area contributed by atoms with Crippen molar-refractivity contribution in [2.75, 3.05) is 11.5 Å². The van der Waals surface area contributed by atoms with Gasteiger partial charge < -0.3 is 16.2 Å². The average Bonchev–Trinajstić information content (AvgIpc) is 2.37. The first-order valence-electron chi connectivity index (χ1n) is 5.92. The summed E-state index contributed by atoms with van der Waals surface area (Å²) in [6.07, 6.45) is 0. The largest absolute Gasteiger partial charge is 0.423 e. The quantitative estimate of drug-likeness (QED) is 0.492. The topological polar surface area (TPSA) is 78.3 Å². The van der Waals surface area contributed by atoms with Crippen molar-refractivity contribution in [3.8, 4) is 5.75 Å². The fraction of sp³-hybridized carbons (Fsp3) is 0.133. The van der Waals surface area contributed by atoms with Crippen LogP contribution in [-0.4, -0.2) is 5.97 Å². The van der Waals surface area contributed by atoms with Gasteiger partial charge in [0.1, 0.15) is 5.75 Å². The van der Waals surface area contributed by atoms with E-state index in [2.05, 4.69) is 0 Å². The third kappa shape index (κ3) is 2.85. The van der Waals surface area contributed by atoms with Gasteiger partial charge in [0, 0.05) is 11.4 Å². The molecule has 4 N–H and O–H groups in total. The highest BCUT2D eigenvalue weighted by atomic mass is 16.5. The van der Waals surface area contributed by atoms with Gasteiger partial charge in [0.2, 0.25) is 0 Å². The van der Waals surface area contributed by atoms with Gasteiger partial charge in [-0.1, -0.05) is 0 Å². The molecule has 2 aromatic rings. The van der Waals surface area contributed by atoms with Crippen LogP contribution in [-0.2, 0) is 0 Å². The zero-order valence-electron chi connectivity index (χ0n) is 10.9. The Balaban J connectivity index is 2.20. The van der Waals surface area contributed by atoms with E-state index >= 15 is 0 Å². The second-order valence-electron chi connectivity index (χ2n) is 4.48. The monoisotopic (exact) mass is 256 g/mol. The van der Waals surface area contributed by atoms with Crippen LogP contribution in [0, 0.1) is 13.8 Å². The third-order valence-electron chi connectivity index (χ3n) is 2.96. The average molecular weight is 256 g/mol. The number of hydrogen-bond acceptors (Lipinski definition) is 4. The zero-order chi connectivity index (χ0) is 14.0. The molecule has 0 saturated heterocycles. The molecule has 0 aromatic heterocycles. The van der Waals surface area contributed by atoms with Gasteiger partial charge in [0.05, 0.1) is 5.56 Å². The van der Waals surface area contributed by atoms with Crippen molar-refractivity contribution in [1.82, 2.24) is 0 Å². The Morgan fingerprint density at radius 3 is 2.11 bits per heavy atom. The molecule has 0 aliphatic heterocycles. The van der Waals surface area contributed by atoms with Gasteiger partial charge in [-0.25, -0.2) is 4.79 Å². The summed E-state index contributed by atoms with van der Waals surface area (Å²) >= 11 is 0. The van der Waals surface area contributed by atoms with Gasteiger partial charge in [0.15, 0.2) is 0 Å². The molecule has 0 radical (unpaired) electrons. The number of esters is 1. The summed E-state index contributed by atoms with van der Waals surface area (Å²) < 4.78 is 5.30. The molecule has 2 aromatic carbocycles. The summed E-state index contributed by atoms with van der Waals surface area (Å²) in [4.78, 5) is 12.0. The van der Waals surface area contributed by atoms with Crippen molar-refractivity contribution < 1.29 is 9.53 Å². The molecule has 0 unspecified atom stereocenters. The highest BCUT2D eigenvalue weighted by molar-refractivity contribution is 5.91. The Morgan fingerprint density at radius 1 is 0.947 bits per heavy atom. The Kier molecular flexibility index (Phi) is 3.42. The summed E-state index contributed by atoms with van der Waals surface area (Å²) in [6, 6.07) is 10.2. The predicted octanol–water partition coefficient (Wildman–Crippen LogP) is 2.69. The normalized spacial score (nSPS) is 10.2. The Hall–Kier alpha value is -2.49. The molecule has 0 spiro atoms. The zero-order valence-corrected chi connectivity index (χ0v) is 10.9. The minimum absolute atomic E-state index is 0.410. The van der Waals surface area contributed by atoms with Gasteiger partial charge >= 0.3 is 5.97 Å². The molecule has 0 heterocycles. The number of nitrogens with two attached hydrogens (primary N) is 2. The number of aryl methyl sites for hydroxylation is 2. The van der Waals surface area contributed by atoms with E-state index in [-0.39, 0.29) is 0 Å². The standard InChI is InChI=1S/C15H16N2O2/c1-9-7-11(3-5-13(9)16)15(18)19-12-4-6-14(17)10(2)8-12/h3-8H,16-17H2,1-2H3. The molecule has 19 heavy (non-hydrogen) atoms. The van der Waals surface area contributed by atoms with Crippen molar-refractivity contribution in [3.05, 3.63) is 53.1 Å². The van der Waals surface area contributed by atoms with Crippen LogP contribution in [0.1, 0.15) is 21.5 Å². The maximum Gasteiger partial charge on any atom is 0.343 e. The van der Waals surface area contributed by atoms with Crippen LogP contribution in [0.2, 0.25) is 0 Å². The smallest absolute Gasteiger partial charge is 0.343 e. The Bertz CT molecular complexity index is 636. The van der Waals surface area contributed by atoms with Crippen molar-refractivity contribution in [2.45, 2.75) is 13.8 Å². The van der Waals surface area contributed by atoms with Crippen molar-refractivity contribution >= 4 is 17.3 Å². The molecule has 0 saturated carbocycles. The van der Waals surface area contributed by atoms with Crippen molar-refractivity contribution in [2.24, 2.45) is 0 Å². The van der Waals surface area contributed by atoms with E-state index in [9.17, 15) is 4.79 Å². The number of anilines is 2. The van der Waals surface area contributed by atoms with E-state index in [0.717, 1.165) is 11.1 Å². The predicted molar refractivity (Wildman–Crippen MR) is 76.1 cm³/mol. The number of benzene rings is 2. The van der Waals surface area contributed by atoms with Gasteiger partial charge in [-0.05, 0) is 61.4 Å². The molecule has 0 bridgehead atoms. The molecular weight excluding hydrogens is 240 g/mol. The summed E-state index contributed by atoms with van der Waals surface area (Å²) in [5.41, 5.74) is 14.9. The van der Waals surface area contributed by atoms with Crippen LogP contribution >= 0.6 is 0 Å². The van der Waals surface area contributed by atoms with E-state index in [1.54, 1.807) is 36.4 Å². The van der Waals surface area contributed by atoms with Crippen LogP contribution in [0.25, 0.3) is 0 Å². The number of ether oxygens (including phenoxy) is 1. The molecule has 4 nitrogen and oxygen atoms in total. The Morgan fingerprint density at radius 2 is 1.53 bits per heavy atom. The van der Waals surface area contributed by atoms with Crippen LogP contribution < -0.4 is 16.2 Å². The minimum Gasteiger partial charge on any atom is -0.423 e. The van der Waals surface area contributed by atoms with Crippen molar-refractivity contribution in [1.29, 1.82) is 0 Å². The molecule has 0 atom stereocenters. The second kappa shape index (κ2) is 5.02. The molecule has 0 aliphatic rings. The summed E-state index contributed by atoms with van der Waals surface area (Å²) in [6.45, 7) is 3.71. The number of carbonyl (C=O) groups is 1. The SMILES string of the molecule is Cc1cc(OC(=O)c2ccc(N)c(C)c2)ccc1N. The van der Waals surface area contributed by atoms with Gasteiger partial charge in [0.25, 0.3) is 0 Å². The lowest BCUT2D eigenvalue weighted by Crippen LogP contribution is -2.09. The maximum absolute atomic E-state index is 12.0. The first-order chi connectivity index (χ1) is 8.97. The van der Waals surface area contributed by atoms with E-state index in [0.29, 0.717) is 22.7 Å². The minimum atomic E-state index is -0.410. The van der Waals surface area contributed by atoms with Crippen LogP contribution in [0.3, 0.4) is 0 Å². The van der Waals surface area contributed by atoms with Crippen LogP contribution in [0.4, 0.5) is 11.4 Å². The van der Waals surface area contributed by atoms with Gasteiger partial charge in [-0.2, -0.15) is 0 Å².